The second kappa shape index (κ2) is 22.1. The number of hydrogen-bond acceptors (Lipinski definition) is 8. The van der Waals surface area contributed by atoms with Gasteiger partial charge in [0.2, 0.25) is 11.8 Å². The zero-order valence-corrected chi connectivity index (χ0v) is 24.2. The number of nitrogens with zero attached hydrogens (tertiary/aromatic N) is 2. The number of pyridine rings is 2. The number of rotatable bonds is 23. The third-order valence-electron chi connectivity index (χ3n) is 5.20. The monoisotopic (exact) mass is 574 g/mol. The second-order valence-electron chi connectivity index (χ2n) is 8.30. The molecular formula is C26H40Cl2N4O2S2. The van der Waals surface area contributed by atoms with E-state index in [1.807, 2.05) is 33.7 Å². The van der Waals surface area contributed by atoms with Gasteiger partial charge in [-0.25, -0.2) is 9.97 Å². The topological polar surface area (TPSA) is 68.3 Å². The highest BCUT2D eigenvalue weighted by Crippen LogP contribution is 2.19. The molecule has 2 aromatic heterocycles. The normalized spacial score (nSPS) is 11.1. The predicted octanol–water partition coefficient (Wildman–Crippen LogP) is 6.92. The van der Waals surface area contributed by atoms with Gasteiger partial charge in [-0.15, -0.1) is 0 Å². The molecule has 0 saturated heterocycles. The Morgan fingerprint density at radius 3 is 1.44 bits per heavy atom. The van der Waals surface area contributed by atoms with E-state index in [-0.39, 0.29) is 0 Å². The lowest BCUT2D eigenvalue weighted by Gasteiger charge is -2.07. The number of halogens is 2. The summed E-state index contributed by atoms with van der Waals surface area (Å²) in [4.78, 5) is 8.26. The molecule has 6 nitrogen and oxygen atoms in total. The Kier molecular flexibility index (Phi) is 19.2. The molecular weight excluding hydrogens is 535 g/mol. The van der Waals surface area contributed by atoms with E-state index in [9.17, 15) is 0 Å². The van der Waals surface area contributed by atoms with E-state index in [0.717, 1.165) is 50.5 Å². The van der Waals surface area contributed by atoms with Gasteiger partial charge in [0.25, 0.3) is 0 Å². The molecule has 36 heavy (non-hydrogen) atoms. The van der Waals surface area contributed by atoms with E-state index in [4.69, 9.17) is 32.7 Å². The first-order valence-electron chi connectivity index (χ1n) is 12.9. The van der Waals surface area contributed by atoms with Crippen LogP contribution in [0, 0.1) is 0 Å². The lowest BCUT2D eigenvalue weighted by molar-refractivity contribution is 0.293. The van der Waals surface area contributed by atoms with E-state index >= 15 is 0 Å². The lowest BCUT2D eigenvalue weighted by atomic mass is 10.2. The highest BCUT2D eigenvalue weighted by atomic mass is 35.5. The van der Waals surface area contributed by atoms with Gasteiger partial charge < -0.3 is 20.1 Å². The predicted molar refractivity (Wildman–Crippen MR) is 157 cm³/mol. The van der Waals surface area contributed by atoms with Crippen LogP contribution in [0.25, 0.3) is 0 Å². The molecule has 2 rings (SSSR count). The summed E-state index contributed by atoms with van der Waals surface area (Å²) in [5.41, 5.74) is 0. The van der Waals surface area contributed by atoms with Crippen molar-refractivity contribution < 1.29 is 9.47 Å². The summed E-state index contributed by atoms with van der Waals surface area (Å²) in [6.45, 7) is 5.77. The van der Waals surface area contributed by atoms with Gasteiger partial charge >= 0.3 is 0 Å². The zero-order valence-electron chi connectivity index (χ0n) is 21.1. The highest BCUT2D eigenvalue weighted by Gasteiger charge is 1.98. The van der Waals surface area contributed by atoms with E-state index in [1.54, 1.807) is 24.5 Å². The average Bonchev–Trinajstić information content (AvgIpc) is 2.89. The summed E-state index contributed by atoms with van der Waals surface area (Å²) < 4.78 is 11.2. The van der Waals surface area contributed by atoms with Gasteiger partial charge in [0, 0.05) is 49.1 Å². The molecule has 2 heterocycles. The maximum Gasteiger partial charge on any atom is 0.213 e. The standard InChI is InChI=1S/C26H40Cl2N4O2S2/c27-23-9-11-25(31-21-23)33-17-7-3-1-5-13-29-15-19-35-36-20-16-30-14-6-2-4-8-18-34-26-12-10-24(28)22-32-26/h9-12,21-22,29-30H,1-8,13-20H2. The van der Waals surface area contributed by atoms with Crippen LogP contribution in [-0.4, -0.2) is 60.9 Å². The van der Waals surface area contributed by atoms with Crippen LogP contribution in [0.4, 0.5) is 0 Å². The number of unbranched alkanes of at least 4 members (excludes halogenated alkanes) is 6. The minimum atomic E-state index is 0.633. The van der Waals surface area contributed by atoms with Gasteiger partial charge in [-0.05, 0) is 50.9 Å². The quantitative estimate of drug-likeness (QED) is 0.109. The van der Waals surface area contributed by atoms with Crippen molar-refractivity contribution in [1.29, 1.82) is 0 Å². The van der Waals surface area contributed by atoms with E-state index < -0.39 is 0 Å². The molecule has 2 N–H and O–H groups in total. The Bertz CT molecular complexity index is 708. The number of nitrogens with one attached hydrogen (secondary N) is 2. The molecule has 0 unspecified atom stereocenters. The molecule has 0 radical (unpaired) electrons. The first-order chi connectivity index (χ1) is 17.7. The fourth-order valence-corrected chi connectivity index (χ4v) is 5.38. The third kappa shape index (κ3) is 17.5. The summed E-state index contributed by atoms with van der Waals surface area (Å²) >= 11 is 11.6. The summed E-state index contributed by atoms with van der Waals surface area (Å²) in [5, 5.41) is 8.34. The maximum atomic E-state index is 5.81. The van der Waals surface area contributed by atoms with E-state index in [0.29, 0.717) is 35.0 Å². The number of aromatic nitrogens is 2. The molecule has 0 saturated carbocycles. The van der Waals surface area contributed by atoms with Crippen molar-refractivity contribution in [3.8, 4) is 11.8 Å². The maximum absolute atomic E-state index is 5.81. The Hall–Kier alpha value is -0.900. The van der Waals surface area contributed by atoms with Crippen LogP contribution < -0.4 is 20.1 Å². The van der Waals surface area contributed by atoms with E-state index in [2.05, 4.69) is 20.6 Å². The van der Waals surface area contributed by atoms with Crippen molar-refractivity contribution in [1.82, 2.24) is 20.6 Å². The molecule has 0 aliphatic rings. The molecule has 0 aliphatic heterocycles. The molecule has 0 atom stereocenters. The summed E-state index contributed by atoms with van der Waals surface area (Å²) in [6, 6.07) is 7.22. The van der Waals surface area contributed by atoms with Gasteiger partial charge in [0.05, 0.1) is 23.3 Å². The van der Waals surface area contributed by atoms with Crippen molar-refractivity contribution in [2.24, 2.45) is 0 Å². The van der Waals surface area contributed by atoms with Crippen LogP contribution in [0.2, 0.25) is 10.0 Å². The van der Waals surface area contributed by atoms with Gasteiger partial charge in [-0.3, -0.25) is 0 Å². The fourth-order valence-electron chi connectivity index (χ4n) is 3.26. The first kappa shape index (κ1) is 31.3. The summed E-state index contributed by atoms with van der Waals surface area (Å²) in [5.74, 6) is 3.60. The molecule has 0 spiro atoms. The van der Waals surface area contributed by atoms with Crippen LogP contribution in [-0.2, 0) is 0 Å². The van der Waals surface area contributed by atoms with Crippen LogP contribution >= 0.6 is 44.8 Å². The molecule has 10 heteroatoms. The van der Waals surface area contributed by atoms with Crippen molar-refractivity contribution in [3.05, 3.63) is 46.7 Å². The molecule has 0 amide bonds. The van der Waals surface area contributed by atoms with Gasteiger partial charge in [-0.2, -0.15) is 0 Å². The molecule has 202 valence electrons. The Morgan fingerprint density at radius 2 is 1.03 bits per heavy atom. The van der Waals surface area contributed by atoms with Crippen LogP contribution in [0.3, 0.4) is 0 Å². The van der Waals surface area contributed by atoms with Crippen LogP contribution in [0.5, 0.6) is 11.8 Å². The Morgan fingerprint density at radius 1 is 0.583 bits per heavy atom. The van der Waals surface area contributed by atoms with Crippen molar-refractivity contribution in [3.63, 3.8) is 0 Å². The Balaban J connectivity index is 1.21. The molecule has 0 bridgehead atoms. The van der Waals surface area contributed by atoms with E-state index in [1.165, 1.54) is 38.5 Å². The fraction of sp³-hybridized carbons (Fsp3) is 0.615. The first-order valence-corrected chi connectivity index (χ1v) is 16.1. The number of ether oxygens (including phenoxy) is 2. The van der Waals surface area contributed by atoms with Crippen LogP contribution in [0.1, 0.15) is 51.4 Å². The molecule has 0 aromatic carbocycles. The molecule has 0 aliphatic carbocycles. The highest BCUT2D eigenvalue weighted by molar-refractivity contribution is 8.76. The molecule has 2 aromatic rings. The van der Waals surface area contributed by atoms with Crippen molar-refractivity contribution >= 4 is 44.8 Å². The van der Waals surface area contributed by atoms with Gasteiger partial charge in [0.1, 0.15) is 0 Å². The zero-order chi connectivity index (χ0) is 25.5. The Labute approximate surface area is 234 Å². The summed E-state index contributed by atoms with van der Waals surface area (Å²) in [7, 11) is 3.92. The lowest BCUT2D eigenvalue weighted by Crippen LogP contribution is -2.19. The summed E-state index contributed by atoms with van der Waals surface area (Å²) in [6.07, 6.45) is 12.6. The third-order valence-corrected chi connectivity index (χ3v) is 8.06. The van der Waals surface area contributed by atoms with Crippen molar-refractivity contribution in [2.45, 2.75) is 51.4 Å². The SMILES string of the molecule is Clc1ccc(OCCCCCCNCCSSCCNCCCCCCOc2ccc(Cl)cn2)nc1. The largest absolute Gasteiger partial charge is 0.478 e. The second-order valence-corrected chi connectivity index (χ2v) is 11.9. The minimum Gasteiger partial charge on any atom is -0.478 e. The minimum absolute atomic E-state index is 0.633. The van der Waals surface area contributed by atoms with Gasteiger partial charge in [-0.1, -0.05) is 70.5 Å². The molecule has 0 fully saturated rings. The van der Waals surface area contributed by atoms with Crippen molar-refractivity contribution in [2.75, 3.05) is 50.9 Å². The number of hydrogen-bond donors (Lipinski definition) is 2. The van der Waals surface area contributed by atoms with Crippen LogP contribution in [0.15, 0.2) is 36.7 Å². The van der Waals surface area contributed by atoms with Gasteiger partial charge in [0.15, 0.2) is 0 Å². The smallest absolute Gasteiger partial charge is 0.213 e. The average molecular weight is 576 g/mol.